The Bertz CT molecular complexity index is 209. The van der Waals surface area contributed by atoms with Crippen LogP contribution in [0.4, 0.5) is 0 Å². The van der Waals surface area contributed by atoms with Gasteiger partial charge in [0.2, 0.25) is 0 Å². The fourth-order valence-electron chi connectivity index (χ4n) is 1.71. The first kappa shape index (κ1) is 8.08. The van der Waals surface area contributed by atoms with Crippen LogP contribution in [-0.4, -0.2) is 37.2 Å². The summed E-state index contributed by atoms with van der Waals surface area (Å²) in [4.78, 5) is 2.47. The molecule has 3 nitrogen and oxygen atoms in total. The van der Waals surface area contributed by atoms with E-state index in [1.807, 2.05) is 0 Å². The lowest BCUT2D eigenvalue weighted by Gasteiger charge is -2.39. The Kier molecular flexibility index (Phi) is 2.07. The van der Waals surface area contributed by atoms with Crippen molar-refractivity contribution in [2.45, 2.75) is 19.4 Å². The lowest BCUT2D eigenvalue weighted by molar-refractivity contribution is -0.0630. The molecule has 2 aliphatic rings. The normalized spacial score (nSPS) is 27.4. The standard InChI is InChI=1S/C9H16N2O/c1-7-4-11(3-2-9(7)10)8-5-12-6-8/h8H,2-6,10H2,1H3. The van der Waals surface area contributed by atoms with Gasteiger partial charge in [-0.3, -0.25) is 4.90 Å². The van der Waals surface area contributed by atoms with Crippen molar-refractivity contribution in [1.82, 2.24) is 4.90 Å². The molecular formula is C9H16N2O. The minimum Gasteiger partial charge on any atom is -0.402 e. The van der Waals surface area contributed by atoms with Crippen LogP contribution in [0.15, 0.2) is 11.3 Å². The molecule has 68 valence electrons. The van der Waals surface area contributed by atoms with Crippen LogP contribution < -0.4 is 5.73 Å². The van der Waals surface area contributed by atoms with Crippen LogP contribution in [0.1, 0.15) is 13.3 Å². The summed E-state index contributed by atoms with van der Waals surface area (Å²) in [5.41, 5.74) is 8.25. The van der Waals surface area contributed by atoms with Crippen molar-refractivity contribution in [1.29, 1.82) is 0 Å². The Labute approximate surface area is 73.2 Å². The summed E-state index contributed by atoms with van der Waals surface area (Å²) in [6, 6.07) is 0.660. The molecule has 12 heavy (non-hydrogen) atoms. The van der Waals surface area contributed by atoms with E-state index >= 15 is 0 Å². The zero-order valence-electron chi connectivity index (χ0n) is 7.55. The van der Waals surface area contributed by atoms with Crippen molar-refractivity contribution >= 4 is 0 Å². The molecular weight excluding hydrogens is 152 g/mol. The van der Waals surface area contributed by atoms with Crippen LogP contribution in [0.5, 0.6) is 0 Å². The third-order valence-electron chi connectivity index (χ3n) is 2.79. The van der Waals surface area contributed by atoms with E-state index in [2.05, 4.69) is 11.8 Å². The van der Waals surface area contributed by atoms with Crippen LogP contribution in [0.2, 0.25) is 0 Å². The maximum atomic E-state index is 5.82. The Morgan fingerprint density at radius 2 is 2.25 bits per heavy atom. The van der Waals surface area contributed by atoms with Gasteiger partial charge in [0.1, 0.15) is 0 Å². The fraction of sp³-hybridized carbons (Fsp3) is 0.778. The molecule has 0 aromatic carbocycles. The topological polar surface area (TPSA) is 38.5 Å². The number of hydrogen-bond acceptors (Lipinski definition) is 3. The van der Waals surface area contributed by atoms with Gasteiger partial charge in [-0.1, -0.05) is 0 Å². The Balaban J connectivity index is 1.95. The van der Waals surface area contributed by atoms with Crippen LogP contribution in [-0.2, 0) is 4.74 Å². The molecule has 0 unspecified atom stereocenters. The highest BCUT2D eigenvalue weighted by molar-refractivity contribution is 5.14. The highest BCUT2D eigenvalue weighted by atomic mass is 16.5. The molecule has 2 heterocycles. The van der Waals surface area contributed by atoms with Crippen molar-refractivity contribution in [2.24, 2.45) is 5.73 Å². The van der Waals surface area contributed by atoms with Crippen molar-refractivity contribution in [3.05, 3.63) is 11.3 Å². The highest BCUT2D eigenvalue weighted by Gasteiger charge is 2.27. The van der Waals surface area contributed by atoms with Gasteiger partial charge in [-0.25, -0.2) is 0 Å². The van der Waals surface area contributed by atoms with E-state index in [-0.39, 0.29) is 0 Å². The number of nitrogens with two attached hydrogens (primary N) is 1. The lowest BCUT2D eigenvalue weighted by atomic mass is 10.1. The van der Waals surface area contributed by atoms with Crippen molar-refractivity contribution in [2.75, 3.05) is 26.3 Å². The molecule has 2 rings (SSSR count). The summed E-state index contributed by atoms with van der Waals surface area (Å²) >= 11 is 0. The molecule has 0 aromatic rings. The molecule has 0 radical (unpaired) electrons. The highest BCUT2D eigenvalue weighted by Crippen LogP contribution is 2.19. The van der Waals surface area contributed by atoms with E-state index in [1.165, 1.54) is 5.57 Å². The lowest BCUT2D eigenvalue weighted by Crippen LogP contribution is -2.51. The van der Waals surface area contributed by atoms with Gasteiger partial charge in [0.15, 0.2) is 0 Å². The Hall–Kier alpha value is -0.540. The molecule has 0 bridgehead atoms. The molecule has 0 aliphatic carbocycles. The number of ether oxygens (including phenoxy) is 1. The van der Waals surface area contributed by atoms with Gasteiger partial charge in [0.25, 0.3) is 0 Å². The molecule has 0 aromatic heterocycles. The second-order valence-corrected chi connectivity index (χ2v) is 3.72. The van der Waals surface area contributed by atoms with Gasteiger partial charge >= 0.3 is 0 Å². The summed E-state index contributed by atoms with van der Waals surface area (Å²) < 4.78 is 5.16. The number of rotatable bonds is 1. The van der Waals surface area contributed by atoms with E-state index in [9.17, 15) is 0 Å². The van der Waals surface area contributed by atoms with Gasteiger partial charge in [0, 0.05) is 18.8 Å². The summed E-state index contributed by atoms with van der Waals surface area (Å²) in [6.45, 7) is 6.10. The minimum absolute atomic E-state index is 0.660. The molecule has 0 saturated carbocycles. The predicted octanol–water partition coefficient (Wildman–Crippen LogP) is 0.324. The maximum Gasteiger partial charge on any atom is 0.0645 e. The van der Waals surface area contributed by atoms with E-state index in [1.54, 1.807) is 0 Å². The molecule has 0 spiro atoms. The molecule has 1 fully saturated rings. The first-order chi connectivity index (χ1) is 5.77. The quantitative estimate of drug-likeness (QED) is 0.613. The van der Waals surface area contributed by atoms with Gasteiger partial charge in [-0.15, -0.1) is 0 Å². The van der Waals surface area contributed by atoms with E-state index in [4.69, 9.17) is 10.5 Å². The minimum atomic E-state index is 0.660. The van der Waals surface area contributed by atoms with Crippen molar-refractivity contribution in [3.63, 3.8) is 0 Å². The molecule has 2 aliphatic heterocycles. The summed E-state index contributed by atoms with van der Waals surface area (Å²) in [5.74, 6) is 0. The average molecular weight is 168 g/mol. The predicted molar refractivity (Wildman–Crippen MR) is 47.7 cm³/mol. The van der Waals surface area contributed by atoms with Crippen LogP contribution in [0.25, 0.3) is 0 Å². The van der Waals surface area contributed by atoms with Gasteiger partial charge in [-0.05, 0) is 18.9 Å². The maximum absolute atomic E-state index is 5.82. The molecule has 2 N–H and O–H groups in total. The third-order valence-corrected chi connectivity index (χ3v) is 2.79. The zero-order valence-corrected chi connectivity index (χ0v) is 7.55. The summed E-state index contributed by atoms with van der Waals surface area (Å²) in [7, 11) is 0. The molecule has 3 heteroatoms. The van der Waals surface area contributed by atoms with Gasteiger partial charge < -0.3 is 10.5 Å². The summed E-state index contributed by atoms with van der Waals surface area (Å²) in [5, 5.41) is 0. The second kappa shape index (κ2) is 3.07. The van der Waals surface area contributed by atoms with Gasteiger partial charge in [0.05, 0.1) is 19.3 Å². The SMILES string of the molecule is CC1=C(N)CCN(C2COC2)C1. The zero-order chi connectivity index (χ0) is 8.55. The van der Waals surface area contributed by atoms with Crippen molar-refractivity contribution in [3.8, 4) is 0 Å². The molecule has 1 saturated heterocycles. The molecule has 0 atom stereocenters. The second-order valence-electron chi connectivity index (χ2n) is 3.72. The van der Waals surface area contributed by atoms with Gasteiger partial charge in [-0.2, -0.15) is 0 Å². The van der Waals surface area contributed by atoms with E-state index < -0.39 is 0 Å². The Morgan fingerprint density at radius 1 is 1.50 bits per heavy atom. The molecule has 0 amide bonds. The summed E-state index contributed by atoms with van der Waals surface area (Å²) in [6.07, 6.45) is 1.03. The monoisotopic (exact) mass is 168 g/mol. The van der Waals surface area contributed by atoms with Crippen LogP contribution in [0.3, 0.4) is 0 Å². The van der Waals surface area contributed by atoms with Crippen LogP contribution >= 0.6 is 0 Å². The first-order valence-corrected chi connectivity index (χ1v) is 4.53. The first-order valence-electron chi connectivity index (χ1n) is 4.53. The smallest absolute Gasteiger partial charge is 0.0645 e. The largest absolute Gasteiger partial charge is 0.402 e. The van der Waals surface area contributed by atoms with Crippen LogP contribution in [0, 0.1) is 0 Å². The number of nitrogens with zero attached hydrogens (tertiary/aromatic N) is 1. The third kappa shape index (κ3) is 1.34. The van der Waals surface area contributed by atoms with E-state index in [0.29, 0.717) is 6.04 Å². The van der Waals surface area contributed by atoms with Crippen molar-refractivity contribution < 1.29 is 4.74 Å². The number of hydrogen-bond donors (Lipinski definition) is 1. The average Bonchev–Trinajstić information content (AvgIpc) is 1.93. The Morgan fingerprint density at radius 3 is 2.75 bits per heavy atom. The van der Waals surface area contributed by atoms with E-state index in [0.717, 1.165) is 38.4 Å². The fourth-order valence-corrected chi connectivity index (χ4v) is 1.71.